The van der Waals surface area contributed by atoms with Crippen molar-refractivity contribution in [1.82, 2.24) is 5.32 Å². The average molecular weight is 1100 g/mol. The van der Waals surface area contributed by atoms with Gasteiger partial charge < -0.3 is 28.5 Å². The number of likely N-dealkylation sites (N-methyl/N-ethyl adjacent to an activating group) is 1. The molecule has 10 heteroatoms. The van der Waals surface area contributed by atoms with Crippen LogP contribution in [-0.4, -0.2) is 69.4 Å². The highest BCUT2D eigenvalue weighted by Gasteiger charge is 2.27. The first-order valence-electron chi connectivity index (χ1n) is 32.2. The molecule has 1 N–H and O–H groups in total. The molecule has 9 nitrogen and oxygen atoms in total. The Morgan fingerprint density at radius 1 is 0.455 bits per heavy atom. The number of nitrogens with zero attached hydrogens (tertiary/aromatic N) is 1. The van der Waals surface area contributed by atoms with Crippen molar-refractivity contribution in [2.45, 2.75) is 303 Å². The normalized spacial score (nSPS) is 14.1. The largest absolute Gasteiger partial charge is 0.756 e. The fourth-order valence-corrected chi connectivity index (χ4v) is 9.81. The van der Waals surface area contributed by atoms with Gasteiger partial charge in [0.15, 0.2) is 0 Å². The van der Waals surface area contributed by atoms with E-state index in [-0.39, 0.29) is 31.3 Å². The van der Waals surface area contributed by atoms with Crippen molar-refractivity contribution in [2.24, 2.45) is 0 Å². The van der Waals surface area contributed by atoms with Gasteiger partial charge in [0.2, 0.25) is 5.91 Å². The Hall–Kier alpha value is -2.55. The summed E-state index contributed by atoms with van der Waals surface area (Å²) in [5.41, 5.74) is 0. The topological polar surface area (TPSA) is 114 Å². The molecule has 0 saturated heterocycles. The van der Waals surface area contributed by atoms with Crippen LogP contribution in [0.4, 0.5) is 0 Å². The van der Waals surface area contributed by atoms with E-state index in [0.29, 0.717) is 17.4 Å². The minimum absolute atomic E-state index is 0.0309. The van der Waals surface area contributed by atoms with Crippen LogP contribution in [0.5, 0.6) is 0 Å². The van der Waals surface area contributed by atoms with Gasteiger partial charge in [-0.15, -0.1) is 0 Å². The maximum absolute atomic E-state index is 13.5. The van der Waals surface area contributed by atoms with Crippen molar-refractivity contribution >= 4 is 19.7 Å². The number of esters is 1. The summed E-state index contributed by atoms with van der Waals surface area (Å²) < 4.78 is 30.3. The molecule has 0 fully saturated rings. The van der Waals surface area contributed by atoms with Gasteiger partial charge >= 0.3 is 5.97 Å². The number of nitrogens with one attached hydrogen (secondary N) is 1. The van der Waals surface area contributed by atoms with E-state index in [2.05, 4.69) is 86.8 Å². The number of hydrogen-bond donors (Lipinski definition) is 1. The summed E-state index contributed by atoms with van der Waals surface area (Å²) in [7, 11) is 1.16. The number of quaternary nitrogens is 1. The summed E-state index contributed by atoms with van der Waals surface area (Å²) >= 11 is 0. The summed E-state index contributed by atoms with van der Waals surface area (Å²) in [5, 5.41) is 3.02. The zero-order valence-electron chi connectivity index (χ0n) is 51.2. The lowest BCUT2D eigenvalue weighted by molar-refractivity contribution is -0.870. The second-order valence-electron chi connectivity index (χ2n) is 22.9. The number of allylic oxidation sites excluding steroid dienone is 11. The van der Waals surface area contributed by atoms with Crippen LogP contribution >= 0.6 is 7.82 Å². The Balaban J connectivity index is 5.32. The van der Waals surface area contributed by atoms with Gasteiger partial charge in [0, 0.05) is 12.8 Å². The Morgan fingerprint density at radius 3 is 1.23 bits per heavy atom. The molecule has 0 spiro atoms. The van der Waals surface area contributed by atoms with E-state index in [1.54, 1.807) is 0 Å². The minimum atomic E-state index is -4.71. The van der Waals surface area contributed by atoms with Crippen LogP contribution in [-0.2, 0) is 27.9 Å². The molecule has 448 valence electrons. The van der Waals surface area contributed by atoms with Crippen LogP contribution in [0.1, 0.15) is 290 Å². The fraction of sp³-hybridized carbons (Fsp3) is 0.791. The maximum atomic E-state index is 13.5. The van der Waals surface area contributed by atoms with Crippen molar-refractivity contribution in [1.29, 1.82) is 0 Å². The number of phosphoric ester groups is 1. The lowest BCUT2D eigenvalue weighted by atomic mass is 10.0. The van der Waals surface area contributed by atoms with Crippen molar-refractivity contribution in [3.05, 3.63) is 72.9 Å². The molecule has 0 aromatic heterocycles. The molecule has 3 atom stereocenters. The lowest BCUT2D eigenvalue weighted by Gasteiger charge is -2.30. The first kappa shape index (κ1) is 74.5. The second kappa shape index (κ2) is 56.7. The van der Waals surface area contributed by atoms with E-state index in [1.165, 1.54) is 173 Å². The highest BCUT2D eigenvalue weighted by atomic mass is 31.2. The smallest absolute Gasteiger partial charge is 0.306 e. The van der Waals surface area contributed by atoms with Gasteiger partial charge in [-0.05, 0) is 102 Å². The summed E-state index contributed by atoms with van der Waals surface area (Å²) in [6, 6.07) is -0.908. The van der Waals surface area contributed by atoms with Crippen LogP contribution in [0.2, 0.25) is 0 Å². The predicted molar refractivity (Wildman–Crippen MR) is 330 cm³/mol. The van der Waals surface area contributed by atoms with E-state index < -0.39 is 26.6 Å². The predicted octanol–water partition coefficient (Wildman–Crippen LogP) is 19.4. The molecule has 1 amide bonds. The second-order valence-corrected chi connectivity index (χ2v) is 24.3. The Bertz CT molecular complexity index is 1550. The molecule has 0 aliphatic rings. The standard InChI is InChI=1S/C67H123N2O7P/c1-7-10-13-16-19-22-25-28-30-32-34-36-38-41-44-47-50-53-56-59-66(70)68-64(63-75-77(72,73)74-62-61-69(4,5)6)65(58-55-52-49-46-43-40-27-24-21-18-15-12-9-3)76-67(71)60-57-54-51-48-45-42-39-37-35-33-31-29-26-23-20-17-14-11-8-2/h19,22,28-31,34,36,41,44,55,58,64-65H,7-18,20-21,23-27,32-33,35,37-40,42-43,45-54,56-57,59-63H2,1-6H3,(H-,68,70,72,73)/b22-19-,30-28-,31-29+,36-34-,44-41-,58-55+. The maximum Gasteiger partial charge on any atom is 0.306 e. The van der Waals surface area contributed by atoms with Crippen LogP contribution in [0.15, 0.2) is 72.9 Å². The number of ether oxygens (including phenoxy) is 1. The molecule has 0 aromatic rings. The molecule has 0 radical (unpaired) electrons. The lowest BCUT2D eigenvalue weighted by Crippen LogP contribution is -2.47. The Morgan fingerprint density at radius 2 is 0.792 bits per heavy atom. The van der Waals surface area contributed by atoms with Gasteiger partial charge in [-0.3, -0.25) is 14.2 Å². The molecule has 0 aliphatic carbocycles. The molecule has 3 unspecified atom stereocenters. The highest BCUT2D eigenvalue weighted by molar-refractivity contribution is 7.45. The molecule has 0 aromatic carbocycles. The van der Waals surface area contributed by atoms with Gasteiger partial charge in [-0.1, -0.05) is 248 Å². The summed E-state index contributed by atoms with van der Waals surface area (Å²) in [5.74, 6) is -0.575. The molecular weight excluding hydrogens is 976 g/mol. The number of hydrogen-bond acceptors (Lipinski definition) is 7. The number of carbonyl (C=O) groups excluding carboxylic acids is 2. The third-order valence-corrected chi connectivity index (χ3v) is 15.1. The summed E-state index contributed by atoms with van der Waals surface area (Å²) in [4.78, 5) is 40.0. The van der Waals surface area contributed by atoms with Gasteiger partial charge in [0.1, 0.15) is 19.3 Å². The van der Waals surface area contributed by atoms with E-state index in [4.69, 9.17) is 13.8 Å². The van der Waals surface area contributed by atoms with Crippen LogP contribution < -0.4 is 10.2 Å². The SMILES string of the molecule is CCCCC/C=C\C/C=C\C/C=C\C/C=C\CCCCCC(=O)NC(COP(=O)([O-])OCC[N+](C)(C)C)C(/C=C/CCCCCCCCCCCCC)OC(=O)CCCCCCCCCCC/C=C/CCCCCCCC. The Kier molecular flexibility index (Phi) is 54.8. The van der Waals surface area contributed by atoms with Gasteiger partial charge in [-0.25, -0.2) is 0 Å². The van der Waals surface area contributed by atoms with Crippen LogP contribution in [0, 0.1) is 0 Å². The van der Waals surface area contributed by atoms with Crippen molar-refractivity contribution in [3.63, 3.8) is 0 Å². The van der Waals surface area contributed by atoms with E-state index in [9.17, 15) is 19.0 Å². The van der Waals surface area contributed by atoms with E-state index >= 15 is 0 Å². The van der Waals surface area contributed by atoms with Gasteiger partial charge in [0.05, 0.1) is 33.8 Å². The number of rotatable bonds is 58. The zero-order chi connectivity index (χ0) is 56.4. The third kappa shape index (κ3) is 57.9. The van der Waals surface area contributed by atoms with Crippen molar-refractivity contribution < 1.29 is 37.3 Å². The molecule has 0 heterocycles. The molecular formula is C67H123N2O7P. The van der Waals surface area contributed by atoms with Gasteiger partial charge in [-0.2, -0.15) is 0 Å². The van der Waals surface area contributed by atoms with E-state index in [1.807, 2.05) is 33.3 Å². The van der Waals surface area contributed by atoms with Gasteiger partial charge in [0.25, 0.3) is 7.82 Å². The fourth-order valence-electron chi connectivity index (χ4n) is 9.09. The van der Waals surface area contributed by atoms with Crippen LogP contribution in [0.3, 0.4) is 0 Å². The first-order valence-corrected chi connectivity index (χ1v) is 33.7. The molecule has 0 bridgehead atoms. The Labute approximate surface area is 476 Å². The van der Waals surface area contributed by atoms with Crippen molar-refractivity contribution in [2.75, 3.05) is 40.9 Å². The molecule has 0 aliphatic heterocycles. The van der Waals surface area contributed by atoms with Crippen molar-refractivity contribution in [3.8, 4) is 0 Å². The first-order chi connectivity index (χ1) is 37.4. The monoisotopic (exact) mass is 1100 g/mol. The zero-order valence-corrected chi connectivity index (χ0v) is 52.0. The number of phosphoric acid groups is 1. The summed E-state index contributed by atoms with van der Waals surface area (Å²) in [6.45, 7) is 6.80. The molecule has 77 heavy (non-hydrogen) atoms. The number of amides is 1. The third-order valence-electron chi connectivity index (χ3n) is 14.1. The number of unbranched alkanes of at least 4 members (excludes halogenated alkanes) is 32. The summed E-state index contributed by atoms with van der Waals surface area (Å²) in [6.07, 6.45) is 72.9. The average Bonchev–Trinajstić information content (AvgIpc) is 3.39. The molecule has 0 saturated carbocycles. The minimum Gasteiger partial charge on any atom is -0.756 e. The highest BCUT2D eigenvalue weighted by Crippen LogP contribution is 2.38. The van der Waals surface area contributed by atoms with E-state index in [0.717, 1.165) is 77.0 Å². The molecule has 0 rings (SSSR count). The quantitative estimate of drug-likeness (QED) is 0.0212. The van der Waals surface area contributed by atoms with Crippen LogP contribution in [0.25, 0.3) is 0 Å². The number of carbonyl (C=O) groups is 2.